The SMILES string of the molecule is COc1ccccc1CCC(=O)OCC(=O)NC(C)C. The number of hydrogen-bond donors (Lipinski definition) is 1. The minimum absolute atomic E-state index is 0.0368. The normalized spacial score (nSPS) is 10.2. The fourth-order valence-electron chi connectivity index (χ4n) is 1.73. The van der Waals surface area contributed by atoms with E-state index in [1.54, 1.807) is 7.11 Å². The third-order valence-corrected chi connectivity index (χ3v) is 2.60. The summed E-state index contributed by atoms with van der Waals surface area (Å²) < 4.78 is 10.1. The molecule has 0 aliphatic carbocycles. The molecule has 1 rings (SSSR count). The van der Waals surface area contributed by atoms with Gasteiger partial charge in [-0.25, -0.2) is 0 Å². The summed E-state index contributed by atoms with van der Waals surface area (Å²) in [7, 11) is 1.59. The molecule has 1 aromatic carbocycles. The molecule has 0 aliphatic heterocycles. The number of hydrogen-bond acceptors (Lipinski definition) is 4. The monoisotopic (exact) mass is 279 g/mol. The molecule has 0 aromatic heterocycles. The Bertz CT molecular complexity index is 457. The maximum absolute atomic E-state index is 11.6. The summed E-state index contributed by atoms with van der Waals surface area (Å²) in [6, 6.07) is 7.54. The number of rotatable bonds is 7. The Kier molecular flexibility index (Phi) is 6.56. The van der Waals surface area contributed by atoms with Crippen molar-refractivity contribution in [2.75, 3.05) is 13.7 Å². The fourth-order valence-corrected chi connectivity index (χ4v) is 1.73. The number of carbonyl (C=O) groups excluding carboxylic acids is 2. The third-order valence-electron chi connectivity index (χ3n) is 2.60. The van der Waals surface area contributed by atoms with Gasteiger partial charge in [0.1, 0.15) is 5.75 Å². The highest BCUT2D eigenvalue weighted by molar-refractivity contribution is 5.80. The van der Waals surface area contributed by atoms with Crippen LogP contribution in [0.1, 0.15) is 25.8 Å². The van der Waals surface area contributed by atoms with Crippen LogP contribution in [0.3, 0.4) is 0 Å². The topological polar surface area (TPSA) is 64.6 Å². The maximum Gasteiger partial charge on any atom is 0.306 e. The first-order valence-electron chi connectivity index (χ1n) is 6.59. The molecule has 0 aliphatic rings. The van der Waals surface area contributed by atoms with Gasteiger partial charge in [-0.15, -0.1) is 0 Å². The van der Waals surface area contributed by atoms with E-state index in [4.69, 9.17) is 9.47 Å². The van der Waals surface area contributed by atoms with Crippen molar-refractivity contribution in [1.29, 1.82) is 0 Å². The van der Waals surface area contributed by atoms with Gasteiger partial charge in [-0.2, -0.15) is 0 Å². The van der Waals surface area contributed by atoms with Gasteiger partial charge < -0.3 is 14.8 Å². The van der Waals surface area contributed by atoms with E-state index in [1.807, 2.05) is 38.1 Å². The zero-order valence-corrected chi connectivity index (χ0v) is 12.1. The molecule has 0 unspecified atom stereocenters. The number of carbonyl (C=O) groups is 2. The van der Waals surface area contributed by atoms with Crippen LogP contribution in [0.4, 0.5) is 0 Å². The number of esters is 1. The van der Waals surface area contributed by atoms with E-state index in [-0.39, 0.29) is 25.0 Å². The van der Waals surface area contributed by atoms with E-state index in [0.717, 1.165) is 11.3 Å². The Morgan fingerprint density at radius 2 is 1.95 bits per heavy atom. The molecule has 1 amide bonds. The van der Waals surface area contributed by atoms with Crippen LogP contribution >= 0.6 is 0 Å². The van der Waals surface area contributed by atoms with Gasteiger partial charge in [0, 0.05) is 12.5 Å². The molecule has 0 fully saturated rings. The smallest absolute Gasteiger partial charge is 0.306 e. The molecule has 1 N–H and O–H groups in total. The second kappa shape index (κ2) is 8.19. The molecule has 20 heavy (non-hydrogen) atoms. The highest BCUT2D eigenvalue weighted by Gasteiger charge is 2.10. The van der Waals surface area contributed by atoms with Crippen LogP contribution in [0.15, 0.2) is 24.3 Å². The van der Waals surface area contributed by atoms with E-state index < -0.39 is 5.97 Å². The lowest BCUT2D eigenvalue weighted by atomic mass is 10.1. The molecule has 0 saturated carbocycles. The van der Waals surface area contributed by atoms with Gasteiger partial charge >= 0.3 is 5.97 Å². The molecule has 0 bridgehead atoms. The Labute approximate surface area is 119 Å². The van der Waals surface area contributed by atoms with Crippen molar-refractivity contribution < 1.29 is 19.1 Å². The summed E-state index contributed by atoms with van der Waals surface area (Å²) in [6.45, 7) is 3.46. The molecule has 0 atom stereocenters. The second-order valence-electron chi connectivity index (χ2n) is 4.69. The van der Waals surface area contributed by atoms with Gasteiger partial charge in [-0.3, -0.25) is 9.59 Å². The lowest BCUT2D eigenvalue weighted by Crippen LogP contribution is -2.34. The van der Waals surface area contributed by atoms with Crippen molar-refractivity contribution in [2.24, 2.45) is 0 Å². The van der Waals surface area contributed by atoms with Gasteiger partial charge in [-0.05, 0) is 31.9 Å². The lowest BCUT2D eigenvalue weighted by molar-refractivity contribution is -0.148. The van der Waals surface area contributed by atoms with Crippen molar-refractivity contribution in [1.82, 2.24) is 5.32 Å². The fraction of sp³-hybridized carbons (Fsp3) is 0.467. The lowest BCUT2D eigenvalue weighted by Gasteiger charge is -2.10. The first-order chi connectivity index (χ1) is 9.52. The van der Waals surface area contributed by atoms with E-state index >= 15 is 0 Å². The number of benzene rings is 1. The number of para-hydroxylation sites is 1. The Morgan fingerprint density at radius 3 is 2.60 bits per heavy atom. The van der Waals surface area contributed by atoms with Crippen molar-refractivity contribution in [3.63, 3.8) is 0 Å². The highest BCUT2D eigenvalue weighted by atomic mass is 16.5. The van der Waals surface area contributed by atoms with Gasteiger partial charge in [0.2, 0.25) is 0 Å². The quantitative estimate of drug-likeness (QED) is 0.771. The van der Waals surface area contributed by atoms with Crippen LogP contribution in [0.5, 0.6) is 5.75 Å². The van der Waals surface area contributed by atoms with Crippen molar-refractivity contribution in [3.8, 4) is 5.75 Å². The Balaban J connectivity index is 2.35. The van der Waals surface area contributed by atoms with Crippen LogP contribution in [0.2, 0.25) is 0 Å². The van der Waals surface area contributed by atoms with Crippen LogP contribution in [0.25, 0.3) is 0 Å². The van der Waals surface area contributed by atoms with E-state index in [0.29, 0.717) is 6.42 Å². The molecule has 5 heteroatoms. The summed E-state index contributed by atoms with van der Waals surface area (Å²) >= 11 is 0. The van der Waals surface area contributed by atoms with Crippen molar-refractivity contribution in [3.05, 3.63) is 29.8 Å². The number of ether oxygens (including phenoxy) is 2. The van der Waals surface area contributed by atoms with Crippen LogP contribution < -0.4 is 10.1 Å². The predicted octanol–water partition coefficient (Wildman–Crippen LogP) is 1.70. The molecule has 0 radical (unpaired) electrons. The average molecular weight is 279 g/mol. The Morgan fingerprint density at radius 1 is 1.25 bits per heavy atom. The molecule has 0 heterocycles. The molecule has 0 spiro atoms. The van der Waals surface area contributed by atoms with Gasteiger partial charge in [-0.1, -0.05) is 18.2 Å². The van der Waals surface area contributed by atoms with Crippen molar-refractivity contribution in [2.45, 2.75) is 32.7 Å². The first-order valence-corrected chi connectivity index (χ1v) is 6.59. The number of methoxy groups -OCH3 is 1. The molecule has 5 nitrogen and oxygen atoms in total. The summed E-state index contributed by atoms with van der Waals surface area (Å²) in [5, 5.41) is 2.65. The second-order valence-corrected chi connectivity index (χ2v) is 4.69. The average Bonchev–Trinajstić information content (AvgIpc) is 2.42. The molecular weight excluding hydrogens is 258 g/mol. The number of aryl methyl sites for hydroxylation is 1. The van der Waals surface area contributed by atoms with Crippen molar-refractivity contribution >= 4 is 11.9 Å². The highest BCUT2D eigenvalue weighted by Crippen LogP contribution is 2.18. The zero-order valence-electron chi connectivity index (χ0n) is 12.1. The minimum Gasteiger partial charge on any atom is -0.496 e. The van der Waals surface area contributed by atoms with E-state index in [2.05, 4.69) is 5.32 Å². The summed E-state index contributed by atoms with van der Waals surface area (Å²) in [6.07, 6.45) is 0.740. The predicted molar refractivity (Wildman–Crippen MR) is 75.6 cm³/mol. The number of nitrogens with one attached hydrogen (secondary N) is 1. The third kappa shape index (κ3) is 5.73. The van der Waals surface area contributed by atoms with Crippen LogP contribution in [-0.2, 0) is 20.7 Å². The molecular formula is C15H21NO4. The van der Waals surface area contributed by atoms with Gasteiger partial charge in [0.25, 0.3) is 5.91 Å². The van der Waals surface area contributed by atoms with E-state index in [1.165, 1.54) is 0 Å². The standard InChI is InChI=1S/C15H21NO4/c1-11(2)16-14(17)10-20-15(18)9-8-12-6-4-5-7-13(12)19-3/h4-7,11H,8-10H2,1-3H3,(H,16,17). The largest absolute Gasteiger partial charge is 0.496 e. The molecule has 0 saturated heterocycles. The van der Waals surface area contributed by atoms with Crippen LogP contribution in [-0.4, -0.2) is 31.6 Å². The Hall–Kier alpha value is -2.04. The summed E-state index contributed by atoms with van der Waals surface area (Å²) in [4.78, 5) is 22.9. The van der Waals surface area contributed by atoms with Crippen LogP contribution in [0, 0.1) is 0 Å². The number of amides is 1. The van der Waals surface area contributed by atoms with Gasteiger partial charge in [0.05, 0.1) is 7.11 Å². The maximum atomic E-state index is 11.6. The molecule has 110 valence electrons. The zero-order chi connectivity index (χ0) is 15.0. The first kappa shape index (κ1) is 16.0. The molecule has 1 aromatic rings. The summed E-state index contributed by atoms with van der Waals surface area (Å²) in [5.41, 5.74) is 0.943. The summed E-state index contributed by atoms with van der Waals surface area (Å²) in [5.74, 6) is 0.0679. The minimum atomic E-state index is -0.394. The van der Waals surface area contributed by atoms with E-state index in [9.17, 15) is 9.59 Å². The van der Waals surface area contributed by atoms with Gasteiger partial charge in [0.15, 0.2) is 6.61 Å².